The summed E-state index contributed by atoms with van der Waals surface area (Å²) in [4.78, 5) is 24.3. The molecule has 0 atom stereocenters. The van der Waals surface area contributed by atoms with Crippen LogP contribution in [0.15, 0.2) is 42.5 Å². The monoisotopic (exact) mass is 389 g/mol. The van der Waals surface area contributed by atoms with E-state index in [1.54, 1.807) is 31.2 Å². The zero-order valence-corrected chi connectivity index (χ0v) is 15.5. The van der Waals surface area contributed by atoms with Crippen LogP contribution in [0.25, 0.3) is 0 Å². The van der Waals surface area contributed by atoms with Gasteiger partial charge in [0.05, 0.1) is 11.4 Å². The van der Waals surface area contributed by atoms with E-state index in [0.29, 0.717) is 24.2 Å². The Kier molecular flexibility index (Phi) is 5.18. The number of aromatic hydroxyl groups is 1. The van der Waals surface area contributed by atoms with Gasteiger partial charge in [0.25, 0.3) is 0 Å². The van der Waals surface area contributed by atoms with Crippen LogP contribution in [0.4, 0.5) is 5.69 Å². The molecule has 2 aromatic carbocycles. The molecule has 0 amide bonds. The molecule has 0 spiro atoms. The first-order valence-corrected chi connectivity index (χ1v) is 10.1. The van der Waals surface area contributed by atoms with E-state index in [4.69, 9.17) is 4.74 Å². The third-order valence-corrected chi connectivity index (χ3v) is 6.19. The molecule has 8 heteroatoms. The van der Waals surface area contributed by atoms with Crippen molar-refractivity contribution in [3.63, 3.8) is 0 Å². The smallest absolute Gasteiger partial charge is 0.342 e. The van der Waals surface area contributed by atoms with Crippen LogP contribution < -0.4 is 4.31 Å². The van der Waals surface area contributed by atoms with Gasteiger partial charge in [0.15, 0.2) is 12.4 Å². The van der Waals surface area contributed by atoms with E-state index in [1.807, 2.05) is 0 Å². The fourth-order valence-electron chi connectivity index (χ4n) is 2.93. The van der Waals surface area contributed by atoms with Gasteiger partial charge in [-0.15, -0.1) is 0 Å². The number of sulfonamides is 1. The Morgan fingerprint density at radius 1 is 1.19 bits per heavy atom. The normalized spacial score (nSPS) is 13.3. The second-order valence-electron chi connectivity index (χ2n) is 6.08. The highest BCUT2D eigenvalue weighted by Crippen LogP contribution is 2.31. The van der Waals surface area contributed by atoms with Crippen molar-refractivity contribution in [2.24, 2.45) is 0 Å². The lowest BCUT2D eigenvalue weighted by Gasteiger charge is -2.18. The molecule has 3 rings (SSSR count). The van der Waals surface area contributed by atoms with Crippen LogP contribution in [-0.4, -0.2) is 44.2 Å². The number of ketones is 1. The van der Waals surface area contributed by atoms with Gasteiger partial charge in [-0.1, -0.05) is 12.1 Å². The standard InChI is InChI=1S/C19H19NO6S/c1-2-27(24,25)20-10-9-13-11-14(7-8-16(13)20)18(22)12-26-19(23)15-5-3-4-6-17(15)21/h3-8,11,21H,2,9-10,12H2,1H3. The summed E-state index contributed by atoms with van der Waals surface area (Å²) in [6.07, 6.45) is 0.521. The zero-order chi connectivity index (χ0) is 19.6. The predicted octanol–water partition coefficient (Wildman–Crippen LogP) is 2.14. The summed E-state index contributed by atoms with van der Waals surface area (Å²) in [5.41, 5.74) is 1.68. The van der Waals surface area contributed by atoms with Crippen LogP contribution in [0.1, 0.15) is 33.2 Å². The molecule has 1 heterocycles. The number of carbonyl (C=O) groups is 2. The van der Waals surface area contributed by atoms with Gasteiger partial charge in [0.1, 0.15) is 11.3 Å². The van der Waals surface area contributed by atoms with E-state index in [0.717, 1.165) is 5.56 Å². The van der Waals surface area contributed by atoms with E-state index in [1.165, 1.54) is 22.5 Å². The highest BCUT2D eigenvalue weighted by Gasteiger charge is 2.28. The number of phenols is 1. The SMILES string of the molecule is CCS(=O)(=O)N1CCc2cc(C(=O)COC(=O)c3ccccc3O)ccc21. The molecule has 0 saturated heterocycles. The predicted molar refractivity (Wildman–Crippen MR) is 99.7 cm³/mol. The molecular weight excluding hydrogens is 370 g/mol. The van der Waals surface area contributed by atoms with Crippen molar-refractivity contribution in [1.29, 1.82) is 0 Å². The summed E-state index contributed by atoms with van der Waals surface area (Å²) in [6, 6.07) is 10.7. The van der Waals surface area contributed by atoms with Gasteiger partial charge in [-0.2, -0.15) is 0 Å². The lowest BCUT2D eigenvalue weighted by Crippen LogP contribution is -2.30. The minimum absolute atomic E-state index is 0.00933. The minimum atomic E-state index is -3.35. The first-order valence-electron chi connectivity index (χ1n) is 8.45. The summed E-state index contributed by atoms with van der Waals surface area (Å²) >= 11 is 0. The Balaban J connectivity index is 1.70. The number of phenolic OH excluding ortho intramolecular Hbond substituents is 1. The van der Waals surface area contributed by atoms with E-state index in [-0.39, 0.29) is 17.1 Å². The number of benzene rings is 2. The lowest BCUT2D eigenvalue weighted by atomic mass is 10.1. The van der Waals surface area contributed by atoms with E-state index >= 15 is 0 Å². The number of rotatable bonds is 6. The number of Topliss-reactive ketones (excluding diaryl/α,β-unsaturated/α-hetero) is 1. The van der Waals surface area contributed by atoms with Gasteiger partial charge >= 0.3 is 5.97 Å². The molecule has 2 aromatic rings. The maximum absolute atomic E-state index is 12.3. The molecule has 27 heavy (non-hydrogen) atoms. The quantitative estimate of drug-likeness (QED) is 0.600. The second-order valence-corrected chi connectivity index (χ2v) is 8.26. The molecule has 0 fully saturated rings. The number of hydrogen-bond donors (Lipinski definition) is 1. The van der Waals surface area contributed by atoms with Crippen LogP contribution >= 0.6 is 0 Å². The summed E-state index contributed by atoms with van der Waals surface area (Å²) < 4.78 is 30.5. The van der Waals surface area contributed by atoms with Gasteiger partial charge in [-0.3, -0.25) is 9.10 Å². The van der Waals surface area contributed by atoms with Crippen molar-refractivity contribution in [1.82, 2.24) is 0 Å². The van der Waals surface area contributed by atoms with E-state index in [9.17, 15) is 23.1 Å². The van der Waals surface area contributed by atoms with Crippen molar-refractivity contribution >= 4 is 27.5 Å². The van der Waals surface area contributed by atoms with Crippen molar-refractivity contribution in [3.8, 4) is 5.75 Å². The molecule has 1 aliphatic heterocycles. The molecule has 7 nitrogen and oxygen atoms in total. The van der Waals surface area contributed by atoms with Crippen molar-refractivity contribution < 1.29 is 27.9 Å². The van der Waals surface area contributed by atoms with E-state index in [2.05, 4.69) is 0 Å². The van der Waals surface area contributed by atoms with Gasteiger partial charge in [-0.05, 0) is 49.2 Å². The molecule has 0 aliphatic carbocycles. The number of para-hydroxylation sites is 1. The van der Waals surface area contributed by atoms with Crippen LogP contribution in [0.2, 0.25) is 0 Å². The number of nitrogens with zero attached hydrogens (tertiary/aromatic N) is 1. The number of fused-ring (bicyclic) bond motifs is 1. The number of carbonyl (C=O) groups excluding carboxylic acids is 2. The van der Waals surface area contributed by atoms with Gasteiger partial charge < -0.3 is 9.84 Å². The highest BCUT2D eigenvalue weighted by atomic mass is 32.2. The van der Waals surface area contributed by atoms with Crippen molar-refractivity contribution in [2.45, 2.75) is 13.3 Å². The summed E-state index contributed by atoms with van der Waals surface area (Å²) in [5.74, 6) is -1.40. The topological polar surface area (TPSA) is 101 Å². The third-order valence-electron chi connectivity index (χ3n) is 4.41. The van der Waals surface area contributed by atoms with Crippen LogP contribution in [0.3, 0.4) is 0 Å². The number of hydrogen-bond acceptors (Lipinski definition) is 6. The molecule has 0 aromatic heterocycles. The average molecular weight is 389 g/mol. The average Bonchev–Trinajstić information content (AvgIpc) is 3.10. The number of anilines is 1. The van der Waals surface area contributed by atoms with Gasteiger partial charge in [0.2, 0.25) is 10.0 Å². The van der Waals surface area contributed by atoms with Gasteiger partial charge in [-0.25, -0.2) is 13.2 Å². The molecule has 0 unspecified atom stereocenters. The molecule has 0 radical (unpaired) electrons. The Morgan fingerprint density at radius 3 is 2.63 bits per heavy atom. The molecular formula is C19H19NO6S. The summed E-state index contributed by atoms with van der Waals surface area (Å²) in [7, 11) is -3.35. The summed E-state index contributed by atoms with van der Waals surface area (Å²) in [5, 5.41) is 9.64. The Labute approximate surface area is 157 Å². The maximum atomic E-state index is 12.3. The zero-order valence-electron chi connectivity index (χ0n) is 14.7. The first kappa shape index (κ1) is 18.9. The molecule has 1 aliphatic rings. The molecule has 0 bridgehead atoms. The Hall–Kier alpha value is -2.87. The van der Waals surface area contributed by atoms with Crippen LogP contribution in [0.5, 0.6) is 5.75 Å². The third kappa shape index (κ3) is 3.80. The number of esters is 1. The van der Waals surface area contributed by atoms with Crippen molar-refractivity contribution in [2.75, 3.05) is 23.2 Å². The van der Waals surface area contributed by atoms with Crippen LogP contribution in [0, 0.1) is 0 Å². The largest absolute Gasteiger partial charge is 0.507 e. The molecule has 142 valence electrons. The minimum Gasteiger partial charge on any atom is -0.507 e. The highest BCUT2D eigenvalue weighted by molar-refractivity contribution is 7.92. The number of ether oxygens (including phenoxy) is 1. The van der Waals surface area contributed by atoms with Crippen molar-refractivity contribution in [3.05, 3.63) is 59.2 Å². The first-order chi connectivity index (χ1) is 12.8. The maximum Gasteiger partial charge on any atom is 0.342 e. The fraction of sp³-hybridized carbons (Fsp3) is 0.263. The second kappa shape index (κ2) is 7.40. The van der Waals surface area contributed by atoms with E-state index < -0.39 is 28.4 Å². The molecule has 1 N–H and O–H groups in total. The lowest BCUT2D eigenvalue weighted by molar-refractivity contribution is 0.0472. The van der Waals surface area contributed by atoms with Gasteiger partial charge in [0, 0.05) is 12.1 Å². The Bertz CT molecular complexity index is 999. The summed E-state index contributed by atoms with van der Waals surface area (Å²) in [6.45, 7) is 1.47. The van der Waals surface area contributed by atoms with Crippen LogP contribution in [-0.2, 0) is 21.2 Å². The fourth-order valence-corrected chi connectivity index (χ4v) is 4.09. The molecule has 0 saturated carbocycles. The Morgan fingerprint density at radius 2 is 1.93 bits per heavy atom.